The van der Waals surface area contributed by atoms with Gasteiger partial charge in [-0.2, -0.15) is 0 Å². The molecule has 0 amide bonds. The van der Waals surface area contributed by atoms with E-state index in [9.17, 15) is 0 Å². The summed E-state index contributed by atoms with van der Waals surface area (Å²) in [5.41, 5.74) is 5.26. The van der Waals surface area contributed by atoms with Crippen LogP contribution in [0.1, 0.15) is 13.3 Å². The Morgan fingerprint density at radius 3 is 2.00 bits per heavy atom. The van der Waals surface area contributed by atoms with E-state index in [0.29, 0.717) is 0 Å². The number of rotatable bonds is 3. The molecule has 56 valence electrons. The Hall–Kier alpha value is -0.120. The van der Waals surface area contributed by atoms with Gasteiger partial charge in [-0.25, -0.2) is 0 Å². The van der Waals surface area contributed by atoms with Crippen molar-refractivity contribution in [3.8, 4) is 0 Å². The molecule has 0 aromatic carbocycles. The molecule has 0 radical (unpaired) electrons. The van der Waals surface area contributed by atoms with Crippen LogP contribution in [0.5, 0.6) is 0 Å². The van der Waals surface area contributed by atoms with Crippen LogP contribution in [0.2, 0.25) is 0 Å². The van der Waals surface area contributed by atoms with Gasteiger partial charge in [0.15, 0.2) is 0 Å². The highest BCUT2D eigenvalue weighted by Gasteiger charge is 2.13. The molecule has 9 heavy (non-hydrogen) atoms. The Balaban J connectivity index is 3.68. The largest absolute Gasteiger partial charge is 0.377 e. The molecule has 0 spiro atoms. The topological polar surface area (TPSA) is 49.5 Å². The third-order valence-corrected chi connectivity index (χ3v) is 1.48. The molecule has 0 rings (SSSR count). The molecule has 1 unspecified atom stereocenters. The molecule has 0 aromatic rings. The minimum Gasteiger partial charge on any atom is -0.377 e. The first-order valence-corrected chi connectivity index (χ1v) is 3.19. The van der Waals surface area contributed by atoms with E-state index in [2.05, 4.69) is 0 Å². The second-order valence-electron chi connectivity index (χ2n) is 2.43. The number of hydrogen-bond donors (Lipinski definition) is 2. The van der Waals surface area contributed by atoms with Gasteiger partial charge in [-0.3, -0.25) is 0 Å². The second-order valence-corrected chi connectivity index (χ2v) is 2.43. The average molecular weight is 132 g/mol. The van der Waals surface area contributed by atoms with E-state index in [1.54, 1.807) is 0 Å². The summed E-state index contributed by atoms with van der Waals surface area (Å²) in [7, 11) is 3.81. The van der Waals surface area contributed by atoms with E-state index in [1.807, 2.05) is 25.9 Å². The van der Waals surface area contributed by atoms with Gasteiger partial charge in [0.2, 0.25) is 0 Å². The van der Waals surface area contributed by atoms with Crippen molar-refractivity contribution in [2.75, 3.05) is 14.1 Å². The van der Waals surface area contributed by atoms with Gasteiger partial charge in [-0.15, -0.1) is 0 Å². The smallest absolute Gasteiger partial charge is 0.118 e. The summed E-state index contributed by atoms with van der Waals surface area (Å²) in [6, 6.07) is 0.0880. The van der Waals surface area contributed by atoms with Crippen LogP contribution in [0, 0.1) is 0 Å². The van der Waals surface area contributed by atoms with E-state index >= 15 is 0 Å². The molecule has 3 heteroatoms. The minimum absolute atomic E-state index is 0.0880. The standard InChI is InChI=1S/C6H16N2O/c1-4-5(6(7)9)8(2)3/h5-6,9H,4,7H2,1-3H3/t5?,6-/m1/s1. The van der Waals surface area contributed by atoms with Crippen LogP contribution in [0.25, 0.3) is 0 Å². The fourth-order valence-corrected chi connectivity index (χ4v) is 0.912. The monoisotopic (exact) mass is 132 g/mol. The van der Waals surface area contributed by atoms with Crippen LogP contribution in [0.4, 0.5) is 0 Å². The zero-order chi connectivity index (χ0) is 7.44. The molecule has 2 atom stereocenters. The number of hydrogen-bond acceptors (Lipinski definition) is 3. The Labute approximate surface area is 56.5 Å². The van der Waals surface area contributed by atoms with E-state index < -0.39 is 6.23 Å². The predicted octanol–water partition coefficient (Wildman–Crippen LogP) is -0.396. The summed E-state index contributed by atoms with van der Waals surface area (Å²) >= 11 is 0. The first-order chi connectivity index (χ1) is 4.09. The molecule has 0 aromatic heterocycles. The van der Waals surface area contributed by atoms with Gasteiger partial charge in [-0.1, -0.05) is 6.92 Å². The zero-order valence-electron chi connectivity index (χ0n) is 6.33. The van der Waals surface area contributed by atoms with Gasteiger partial charge in [0.1, 0.15) is 6.23 Å². The van der Waals surface area contributed by atoms with E-state index in [0.717, 1.165) is 6.42 Å². The highest BCUT2D eigenvalue weighted by molar-refractivity contribution is 4.67. The molecule has 3 nitrogen and oxygen atoms in total. The fraction of sp³-hybridized carbons (Fsp3) is 1.00. The summed E-state index contributed by atoms with van der Waals surface area (Å²) in [6.45, 7) is 2.00. The molecule has 0 aliphatic carbocycles. The number of aliphatic hydroxyl groups excluding tert-OH is 1. The van der Waals surface area contributed by atoms with Crippen molar-refractivity contribution in [1.29, 1.82) is 0 Å². The average Bonchev–Trinajstić information content (AvgIpc) is 1.64. The first-order valence-electron chi connectivity index (χ1n) is 3.19. The third-order valence-electron chi connectivity index (χ3n) is 1.48. The van der Waals surface area contributed by atoms with Gasteiger partial charge >= 0.3 is 0 Å². The highest BCUT2D eigenvalue weighted by Crippen LogP contribution is 1.99. The molecule has 0 bridgehead atoms. The van der Waals surface area contributed by atoms with Gasteiger partial charge < -0.3 is 15.7 Å². The minimum atomic E-state index is -0.718. The highest BCUT2D eigenvalue weighted by atomic mass is 16.3. The molecule has 0 heterocycles. The van der Waals surface area contributed by atoms with Crippen molar-refractivity contribution in [3.63, 3.8) is 0 Å². The van der Waals surface area contributed by atoms with Crippen molar-refractivity contribution in [3.05, 3.63) is 0 Å². The summed E-state index contributed by atoms with van der Waals surface area (Å²) in [5.74, 6) is 0. The normalized spacial score (nSPS) is 18.0. The van der Waals surface area contributed by atoms with Crippen LogP contribution in [0.3, 0.4) is 0 Å². The quantitative estimate of drug-likeness (QED) is 0.514. The lowest BCUT2D eigenvalue weighted by Crippen LogP contribution is -2.43. The molecule has 0 saturated heterocycles. The van der Waals surface area contributed by atoms with Crippen molar-refractivity contribution in [2.45, 2.75) is 25.6 Å². The van der Waals surface area contributed by atoms with Crippen molar-refractivity contribution >= 4 is 0 Å². The van der Waals surface area contributed by atoms with Gasteiger partial charge in [0.25, 0.3) is 0 Å². The van der Waals surface area contributed by atoms with Gasteiger partial charge in [0, 0.05) is 6.04 Å². The summed E-state index contributed by atoms with van der Waals surface area (Å²) in [6.07, 6.45) is 0.162. The molecule has 0 aliphatic heterocycles. The fourth-order valence-electron chi connectivity index (χ4n) is 0.912. The summed E-state index contributed by atoms with van der Waals surface area (Å²) in [5, 5.41) is 8.92. The summed E-state index contributed by atoms with van der Waals surface area (Å²) in [4.78, 5) is 1.92. The van der Waals surface area contributed by atoms with Crippen molar-refractivity contribution in [2.24, 2.45) is 5.73 Å². The molecule has 0 fully saturated rings. The van der Waals surface area contributed by atoms with Crippen molar-refractivity contribution in [1.82, 2.24) is 4.90 Å². The Morgan fingerprint density at radius 1 is 1.56 bits per heavy atom. The Morgan fingerprint density at radius 2 is 2.00 bits per heavy atom. The van der Waals surface area contributed by atoms with Crippen LogP contribution < -0.4 is 5.73 Å². The maximum absolute atomic E-state index is 8.92. The van der Waals surface area contributed by atoms with Gasteiger partial charge in [0.05, 0.1) is 0 Å². The van der Waals surface area contributed by atoms with Crippen LogP contribution in [-0.4, -0.2) is 36.4 Å². The SMILES string of the molecule is CCC([C@H](N)O)N(C)C. The lowest BCUT2D eigenvalue weighted by molar-refractivity contribution is 0.0789. The van der Waals surface area contributed by atoms with Crippen molar-refractivity contribution < 1.29 is 5.11 Å². The first kappa shape index (κ1) is 8.88. The van der Waals surface area contributed by atoms with E-state index in [-0.39, 0.29) is 6.04 Å². The zero-order valence-corrected chi connectivity index (χ0v) is 6.33. The second kappa shape index (κ2) is 3.82. The Kier molecular flexibility index (Phi) is 3.77. The maximum atomic E-state index is 8.92. The van der Waals surface area contributed by atoms with Crippen LogP contribution in [-0.2, 0) is 0 Å². The molecule has 3 N–H and O–H groups in total. The summed E-state index contributed by atoms with van der Waals surface area (Å²) < 4.78 is 0. The maximum Gasteiger partial charge on any atom is 0.118 e. The molecule has 0 saturated carbocycles. The lowest BCUT2D eigenvalue weighted by atomic mass is 10.2. The van der Waals surface area contributed by atoms with E-state index in [4.69, 9.17) is 10.8 Å². The predicted molar refractivity (Wildman–Crippen MR) is 38.0 cm³/mol. The molecular weight excluding hydrogens is 116 g/mol. The number of aliphatic hydroxyl groups is 1. The third kappa shape index (κ3) is 2.79. The number of nitrogens with two attached hydrogens (primary N) is 1. The molecular formula is C6H16N2O. The van der Waals surface area contributed by atoms with Gasteiger partial charge in [-0.05, 0) is 20.5 Å². The Bertz CT molecular complexity index is 65.5. The number of nitrogens with zero attached hydrogens (tertiary/aromatic N) is 1. The van der Waals surface area contributed by atoms with Crippen LogP contribution >= 0.6 is 0 Å². The lowest BCUT2D eigenvalue weighted by Gasteiger charge is -2.24. The molecule has 0 aliphatic rings. The number of likely N-dealkylation sites (N-methyl/N-ethyl adjacent to an activating group) is 1. The van der Waals surface area contributed by atoms with Crippen LogP contribution in [0.15, 0.2) is 0 Å². The van der Waals surface area contributed by atoms with E-state index in [1.165, 1.54) is 0 Å².